The second-order valence-electron chi connectivity index (χ2n) is 6.14. The van der Waals surface area contributed by atoms with Gasteiger partial charge in [0.05, 0.1) is 19.9 Å². The lowest BCUT2D eigenvalue weighted by Gasteiger charge is -2.15. The summed E-state index contributed by atoms with van der Waals surface area (Å²) in [5.74, 6) is 1.15. The number of nitrogens with zero attached hydrogens (tertiary/aromatic N) is 1. The lowest BCUT2D eigenvalue weighted by Crippen LogP contribution is -2.23. The van der Waals surface area contributed by atoms with E-state index in [1.807, 2.05) is 17.0 Å². The van der Waals surface area contributed by atoms with E-state index in [2.05, 4.69) is 5.32 Å². The first-order valence-electron chi connectivity index (χ1n) is 8.51. The van der Waals surface area contributed by atoms with E-state index in [0.29, 0.717) is 35.7 Å². The highest BCUT2D eigenvalue weighted by atomic mass is 16.5. The molecule has 1 heterocycles. The highest BCUT2D eigenvalue weighted by Gasteiger charge is 2.20. The maximum Gasteiger partial charge on any atom is 0.255 e. The molecular formula is C20H22N2O4. The standard InChI is InChI=1S/C20H22N2O4/c1-25-16-9-10-18(26-2)17(12-16)21-20(24)15-7-5-14(6-8-15)13-22-11-3-4-19(22)23/h5-10,12H,3-4,11,13H2,1-2H3,(H,21,24). The van der Waals surface area contributed by atoms with Gasteiger partial charge in [-0.05, 0) is 36.2 Å². The molecule has 2 amide bonds. The van der Waals surface area contributed by atoms with Crippen LogP contribution in [0.25, 0.3) is 0 Å². The van der Waals surface area contributed by atoms with Crippen molar-refractivity contribution in [3.05, 3.63) is 53.6 Å². The van der Waals surface area contributed by atoms with E-state index in [0.717, 1.165) is 18.5 Å². The average Bonchev–Trinajstić information content (AvgIpc) is 3.06. The van der Waals surface area contributed by atoms with E-state index in [-0.39, 0.29) is 11.8 Å². The molecule has 1 saturated heterocycles. The SMILES string of the molecule is COc1ccc(OC)c(NC(=O)c2ccc(CN3CCCC3=O)cc2)c1. The van der Waals surface area contributed by atoms with Crippen molar-refractivity contribution < 1.29 is 19.1 Å². The van der Waals surface area contributed by atoms with Gasteiger partial charge in [-0.2, -0.15) is 0 Å². The Morgan fingerprint density at radius 1 is 1.12 bits per heavy atom. The predicted octanol–water partition coefficient (Wildman–Crippen LogP) is 3.08. The number of carbonyl (C=O) groups is 2. The molecule has 1 N–H and O–H groups in total. The number of rotatable bonds is 6. The van der Waals surface area contributed by atoms with Gasteiger partial charge >= 0.3 is 0 Å². The number of hydrogen-bond acceptors (Lipinski definition) is 4. The van der Waals surface area contributed by atoms with Gasteiger partial charge in [0.15, 0.2) is 0 Å². The van der Waals surface area contributed by atoms with Crippen LogP contribution in [-0.2, 0) is 11.3 Å². The second-order valence-corrected chi connectivity index (χ2v) is 6.14. The lowest BCUT2D eigenvalue weighted by atomic mass is 10.1. The third kappa shape index (κ3) is 3.96. The second kappa shape index (κ2) is 7.91. The maximum absolute atomic E-state index is 12.5. The highest BCUT2D eigenvalue weighted by Crippen LogP contribution is 2.29. The molecule has 0 radical (unpaired) electrons. The fourth-order valence-electron chi connectivity index (χ4n) is 2.96. The molecule has 1 aliphatic heterocycles. The van der Waals surface area contributed by atoms with Gasteiger partial charge in [0.25, 0.3) is 5.91 Å². The van der Waals surface area contributed by atoms with E-state index in [4.69, 9.17) is 9.47 Å². The molecule has 0 saturated carbocycles. The van der Waals surface area contributed by atoms with Crippen molar-refractivity contribution in [3.63, 3.8) is 0 Å². The minimum atomic E-state index is -0.236. The fourth-order valence-corrected chi connectivity index (χ4v) is 2.96. The third-order valence-electron chi connectivity index (χ3n) is 4.42. The van der Waals surface area contributed by atoms with Crippen molar-refractivity contribution in [2.45, 2.75) is 19.4 Å². The van der Waals surface area contributed by atoms with Gasteiger partial charge in [-0.3, -0.25) is 9.59 Å². The topological polar surface area (TPSA) is 67.9 Å². The van der Waals surface area contributed by atoms with Crippen LogP contribution in [-0.4, -0.2) is 37.5 Å². The monoisotopic (exact) mass is 354 g/mol. The Morgan fingerprint density at radius 3 is 2.50 bits per heavy atom. The van der Waals surface area contributed by atoms with Gasteiger partial charge in [-0.1, -0.05) is 12.1 Å². The van der Waals surface area contributed by atoms with Crippen molar-refractivity contribution in [1.29, 1.82) is 0 Å². The van der Waals surface area contributed by atoms with Crippen molar-refractivity contribution >= 4 is 17.5 Å². The van der Waals surface area contributed by atoms with Gasteiger partial charge in [0.1, 0.15) is 11.5 Å². The summed E-state index contributed by atoms with van der Waals surface area (Å²) in [4.78, 5) is 26.1. The average molecular weight is 354 g/mol. The highest BCUT2D eigenvalue weighted by molar-refractivity contribution is 6.05. The van der Waals surface area contributed by atoms with Crippen LogP contribution in [0, 0.1) is 0 Å². The summed E-state index contributed by atoms with van der Waals surface area (Å²) in [5, 5.41) is 2.84. The van der Waals surface area contributed by atoms with Gasteiger partial charge < -0.3 is 19.7 Å². The molecule has 0 atom stereocenters. The Hall–Kier alpha value is -3.02. The van der Waals surface area contributed by atoms with Crippen molar-refractivity contribution in [2.75, 3.05) is 26.1 Å². The van der Waals surface area contributed by atoms with Crippen LogP contribution in [0.5, 0.6) is 11.5 Å². The van der Waals surface area contributed by atoms with Crippen LogP contribution < -0.4 is 14.8 Å². The fraction of sp³-hybridized carbons (Fsp3) is 0.300. The summed E-state index contributed by atoms with van der Waals surface area (Å²) in [7, 11) is 3.11. The van der Waals surface area contributed by atoms with E-state index >= 15 is 0 Å². The summed E-state index contributed by atoms with van der Waals surface area (Å²) in [6, 6.07) is 12.5. The molecule has 0 aromatic heterocycles. The first kappa shape index (κ1) is 17.8. The number of ether oxygens (including phenoxy) is 2. The van der Waals surface area contributed by atoms with Crippen molar-refractivity contribution in [2.24, 2.45) is 0 Å². The van der Waals surface area contributed by atoms with Crippen molar-refractivity contribution in [1.82, 2.24) is 4.90 Å². The van der Waals surface area contributed by atoms with E-state index < -0.39 is 0 Å². The van der Waals surface area contributed by atoms with E-state index in [9.17, 15) is 9.59 Å². The van der Waals surface area contributed by atoms with Gasteiger partial charge in [-0.15, -0.1) is 0 Å². The molecule has 0 unspecified atom stereocenters. The minimum Gasteiger partial charge on any atom is -0.497 e. The molecule has 2 aromatic carbocycles. The van der Waals surface area contributed by atoms with E-state index in [1.165, 1.54) is 0 Å². The Morgan fingerprint density at radius 2 is 1.88 bits per heavy atom. The number of nitrogens with one attached hydrogen (secondary N) is 1. The van der Waals surface area contributed by atoms with Gasteiger partial charge in [-0.25, -0.2) is 0 Å². The largest absolute Gasteiger partial charge is 0.497 e. The molecule has 0 aliphatic carbocycles. The number of methoxy groups -OCH3 is 2. The zero-order valence-electron chi connectivity index (χ0n) is 15.0. The number of anilines is 1. The molecule has 26 heavy (non-hydrogen) atoms. The molecule has 136 valence electrons. The van der Waals surface area contributed by atoms with Crippen molar-refractivity contribution in [3.8, 4) is 11.5 Å². The Labute approximate surface area is 152 Å². The number of likely N-dealkylation sites (tertiary alicyclic amines) is 1. The molecule has 6 nitrogen and oxygen atoms in total. The van der Waals surface area contributed by atoms with Gasteiger partial charge in [0.2, 0.25) is 5.91 Å². The number of carbonyl (C=O) groups excluding carboxylic acids is 2. The minimum absolute atomic E-state index is 0.192. The zero-order valence-corrected chi connectivity index (χ0v) is 15.0. The van der Waals surface area contributed by atoms with E-state index in [1.54, 1.807) is 44.6 Å². The zero-order chi connectivity index (χ0) is 18.5. The molecule has 0 bridgehead atoms. The van der Waals surface area contributed by atoms with Crippen LogP contribution in [0.1, 0.15) is 28.8 Å². The molecule has 3 rings (SSSR count). The normalized spacial score (nSPS) is 13.6. The summed E-state index contributed by atoms with van der Waals surface area (Å²) in [6.45, 7) is 1.39. The first-order chi connectivity index (χ1) is 12.6. The summed E-state index contributed by atoms with van der Waals surface area (Å²) >= 11 is 0. The number of benzene rings is 2. The molecule has 1 fully saturated rings. The summed E-state index contributed by atoms with van der Waals surface area (Å²) < 4.78 is 10.5. The third-order valence-corrected chi connectivity index (χ3v) is 4.42. The smallest absolute Gasteiger partial charge is 0.255 e. The molecule has 0 spiro atoms. The maximum atomic E-state index is 12.5. The van der Waals surface area contributed by atoms with Crippen LogP contribution in [0.2, 0.25) is 0 Å². The first-order valence-corrected chi connectivity index (χ1v) is 8.51. The molecule has 6 heteroatoms. The van der Waals surface area contributed by atoms with Crippen LogP contribution >= 0.6 is 0 Å². The summed E-state index contributed by atoms with van der Waals surface area (Å²) in [5.41, 5.74) is 2.09. The molecule has 2 aromatic rings. The van der Waals surface area contributed by atoms with Gasteiger partial charge in [0, 0.05) is 31.1 Å². The quantitative estimate of drug-likeness (QED) is 0.866. The Balaban J connectivity index is 1.69. The number of amides is 2. The van der Waals surface area contributed by atoms with Crippen LogP contribution in [0.3, 0.4) is 0 Å². The lowest BCUT2D eigenvalue weighted by molar-refractivity contribution is -0.128. The van der Waals surface area contributed by atoms with Crippen LogP contribution in [0.15, 0.2) is 42.5 Å². The number of hydrogen-bond donors (Lipinski definition) is 1. The molecular weight excluding hydrogens is 332 g/mol. The predicted molar refractivity (Wildman–Crippen MR) is 98.6 cm³/mol. The Bertz CT molecular complexity index is 802. The van der Waals surface area contributed by atoms with Crippen LogP contribution in [0.4, 0.5) is 5.69 Å². The Kier molecular flexibility index (Phi) is 5.41. The molecule has 1 aliphatic rings. The summed E-state index contributed by atoms with van der Waals surface area (Å²) in [6.07, 6.45) is 1.55.